The van der Waals surface area contributed by atoms with Crippen LogP contribution < -0.4 is 10.6 Å². The zero-order chi connectivity index (χ0) is 17.7. The third kappa shape index (κ3) is 8.88. The van der Waals surface area contributed by atoms with Gasteiger partial charge in [-0.05, 0) is 19.3 Å². The quantitative estimate of drug-likeness (QED) is 0.303. The lowest BCUT2D eigenvalue weighted by Crippen LogP contribution is -2.47. The van der Waals surface area contributed by atoms with Crippen LogP contribution in [0.1, 0.15) is 52.4 Å². The molecule has 136 valence electrons. The highest BCUT2D eigenvalue weighted by molar-refractivity contribution is 5.82. The molecule has 7 nitrogen and oxygen atoms in total. The smallest absolute Gasteiger partial charge is 0.249 e. The third-order valence-electron chi connectivity index (χ3n) is 3.93. The SMILES string of the molecule is CCCCCNC(=O)CCNC(=O)[C@H](O)[C@@](C)(CO)CCCO. The van der Waals surface area contributed by atoms with E-state index >= 15 is 0 Å². The van der Waals surface area contributed by atoms with Crippen LogP contribution in [0.5, 0.6) is 0 Å². The van der Waals surface area contributed by atoms with Gasteiger partial charge < -0.3 is 26.0 Å². The summed E-state index contributed by atoms with van der Waals surface area (Å²) in [6, 6.07) is 0. The molecule has 0 bridgehead atoms. The molecule has 2 amide bonds. The second-order valence-electron chi connectivity index (χ2n) is 6.14. The number of rotatable bonds is 13. The number of aliphatic hydroxyl groups excluding tert-OH is 3. The van der Waals surface area contributed by atoms with E-state index in [-0.39, 0.29) is 32.1 Å². The Balaban J connectivity index is 4.10. The van der Waals surface area contributed by atoms with Crippen molar-refractivity contribution in [3.05, 3.63) is 0 Å². The average Bonchev–Trinajstić information content (AvgIpc) is 2.55. The Labute approximate surface area is 138 Å². The first-order valence-electron chi connectivity index (χ1n) is 8.35. The molecule has 0 aliphatic carbocycles. The Kier molecular flexibility index (Phi) is 11.6. The lowest BCUT2D eigenvalue weighted by atomic mass is 9.80. The summed E-state index contributed by atoms with van der Waals surface area (Å²) in [6.07, 6.45) is 2.57. The van der Waals surface area contributed by atoms with Crippen molar-refractivity contribution in [3.8, 4) is 0 Å². The van der Waals surface area contributed by atoms with E-state index in [2.05, 4.69) is 17.6 Å². The van der Waals surface area contributed by atoms with Crippen LogP contribution in [0.3, 0.4) is 0 Å². The number of aliphatic hydroxyl groups is 3. The van der Waals surface area contributed by atoms with Gasteiger partial charge in [0.1, 0.15) is 6.10 Å². The fraction of sp³-hybridized carbons (Fsp3) is 0.875. The summed E-state index contributed by atoms with van der Waals surface area (Å²) in [6.45, 7) is 4.02. The maximum atomic E-state index is 11.9. The number of carbonyl (C=O) groups excluding carboxylic acids is 2. The zero-order valence-electron chi connectivity index (χ0n) is 14.3. The molecule has 0 saturated heterocycles. The van der Waals surface area contributed by atoms with E-state index in [1.54, 1.807) is 6.92 Å². The van der Waals surface area contributed by atoms with Gasteiger partial charge in [0.15, 0.2) is 0 Å². The Morgan fingerprint density at radius 1 is 1.09 bits per heavy atom. The Morgan fingerprint density at radius 2 is 1.78 bits per heavy atom. The van der Waals surface area contributed by atoms with E-state index in [4.69, 9.17) is 5.11 Å². The maximum absolute atomic E-state index is 11.9. The van der Waals surface area contributed by atoms with Crippen molar-refractivity contribution >= 4 is 11.8 Å². The molecule has 0 aromatic rings. The molecular formula is C16H32N2O5. The molecule has 5 N–H and O–H groups in total. The van der Waals surface area contributed by atoms with E-state index in [0.717, 1.165) is 19.3 Å². The normalized spacial score (nSPS) is 14.8. The minimum atomic E-state index is -1.38. The van der Waals surface area contributed by atoms with Crippen molar-refractivity contribution in [2.75, 3.05) is 26.3 Å². The van der Waals surface area contributed by atoms with Gasteiger partial charge in [-0.1, -0.05) is 26.7 Å². The summed E-state index contributed by atoms with van der Waals surface area (Å²) < 4.78 is 0. The van der Waals surface area contributed by atoms with Gasteiger partial charge in [0.05, 0.1) is 6.61 Å². The molecule has 0 unspecified atom stereocenters. The monoisotopic (exact) mass is 332 g/mol. The fourth-order valence-corrected chi connectivity index (χ4v) is 2.19. The number of hydrogen-bond donors (Lipinski definition) is 5. The van der Waals surface area contributed by atoms with Crippen LogP contribution in [0.25, 0.3) is 0 Å². The number of amides is 2. The first-order valence-corrected chi connectivity index (χ1v) is 8.35. The molecule has 23 heavy (non-hydrogen) atoms. The molecule has 0 spiro atoms. The first-order chi connectivity index (χ1) is 10.9. The lowest BCUT2D eigenvalue weighted by molar-refractivity contribution is -0.138. The van der Waals surface area contributed by atoms with Gasteiger partial charge in [0, 0.05) is 31.5 Å². The van der Waals surface area contributed by atoms with Crippen LogP contribution >= 0.6 is 0 Å². The van der Waals surface area contributed by atoms with Gasteiger partial charge in [0.2, 0.25) is 11.8 Å². The first kappa shape index (κ1) is 21.8. The molecule has 0 aromatic heterocycles. The van der Waals surface area contributed by atoms with Crippen molar-refractivity contribution in [2.45, 2.75) is 58.5 Å². The van der Waals surface area contributed by atoms with Crippen LogP contribution in [0.2, 0.25) is 0 Å². The summed E-state index contributed by atoms with van der Waals surface area (Å²) in [5.74, 6) is -0.751. The largest absolute Gasteiger partial charge is 0.396 e. The van der Waals surface area contributed by atoms with Crippen molar-refractivity contribution < 1.29 is 24.9 Å². The summed E-state index contributed by atoms with van der Waals surface area (Å²) in [5, 5.41) is 33.6. The second kappa shape index (κ2) is 12.3. The molecular weight excluding hydrogens is 300 g/mol. The summed E-state index contributed by atoms with van der Waals surface area (Å²) >= 11 is 0. The number of carbonyl (C=O) groups is 2. The fourth-order valence-electron chi connectivity index (χ4n) is 2.19. The van der Waals surface area contributed by atoms with E-state index in [1.807, 2.05) is 0 Å². The summed E-state index contributed by atoms with van der Waals surface area (Å²) in [7, 11) is 0. The minimum absolute atomic E-state index is 0.0673. The van der Waals surface area contributed by atoms with Crippen molar-refractivity contribution in [3.63, 3.8) is 0 Å². The van der Waals surface area contributed by atoms with E-state index in [1.165, 1.54) is 0 Å². The van der Waals surface area contributed by atoms with Gasteiger partial charge in [-0.3, -0.25) is 9.59 Å². The molecule has 0 aromatic carbocycles. The predicted octanol–water partition coefficient (Wildman–Crippen LogP) is -0.0689. The molecule has 0 heterocycles. The molecule has 0 fully saturated rings. The molecule has 0 saturated carbocycles. The lowest BCUT2D eigenvalue weighted by Gasteiger charge is -2.31. The standard InChI is InChI=1S/C16H32N2O5/c1-3-4-5-9-17-13(21)7-10-18-15(23)14(22)16(2,12-20)8-6-11-19/h14,19-20,22H,3-12H2,1-2H3,(H,17,21)(H,18,23)/t14-,16+/m0/s1. The molecule has 2 atom stereocenters. The number of unbranched alkanes of at least 4 members (excludes halogenated alkanes) is 2. The van der Waals surface area contributed by atoms with Gasteiger partial charge in [-0.25, -0.2) is 0 Å². The molecule has 0 radical (unpaired) electrons. The Morgan fingerprint density at radius 3 is 2.35 bits per heavy atom. The molecule has 0 aliphatic heterocycles. The number of hydrogen-bond acceptors (Lipinski definition) is 5. The molecule has 0 rings (SSSR count). The topological polar surface area (TPSA) is 119 Å². The highest BCUT2D eigenvalue weighted by Crippen LogP contribution is 2.27. The Bertz CT molecular complexity index is 351. The zero-order valence-corrected chi connectivity index (χ0v) is 14.3. The van der Waals surface area contributed by atoms with Gasteiger partial charge in [0.25, 0.3) is 0 Å². The summed E-state index contributed by atoms with van der Waals surface area (Å²) in [4.78, 5) is 23.5. The Hall–Kier alpha value is -1.18. The van der Waals surface area contributed by atoms with Crippen LogP contribution in [-0.4, -0.2) is 59.5 Å². The minimum Gasteiger partial charge on any atom is -0.396 e. The van der Waals surface area contributed by atoms with E-state index in [0.29, 0.717) is 19.4 Å². The molecule has 0 aliphatic rings. The predicted molar refractivity (Wildman–Crippen MR) is 87.7 cm³/mol. The summed E-state index contributed by atoms with van der Waals surface area (Å²) in [5.41, 5.74) is -1.00. The van der Waals surface area contributed by atoms with E-state index < -0.39 is 17.4 Å². The molecule has 7 heteroatoms. The number of nitrogens with one attached hydrogen (secondary N) is 2. The second-order valence-corrected chi connectivity index (χ2v) is 6.14. The van der Waals surface area contributed by atoms with Crippen LogP contribution in [-0.2, 0) is 9.59 Å². The van der Waals surface area contributed by atoms with Crippen molar-refractivity contribution in [1.29, 1.82) is 0 Å². The average molecular weight is 332 g/mol. The van der Waals surface area contributed by atoms with Crippen LogP contribution in [0.15, 0.2) is 0 Å². The van der Waals surface area contributed by atoms with Gasteiger partial charge >= 0.3 is 0 Å². The van der Waals surface area contributed by atoms with E-state index in [9.17, 15) is 19.8 Å². The van der Waals surface area contributed by atoms with Crippen molar-refractivity contribution in [1.82, 2.24) is 10.6 Å². The maximum Gasteiger partial charge on any atom is 0.249 e. The van der Waals surface area contributed by atoms with Crippen LogP contribution in [0, 0.1) is 5.41 Å². The van der Waals surface area contributed by atoms with Gasteiger partial charge in [-0.15, -0.1) is 0 Å². The highest BCUT2D eigenvalue weighted by Gasteiger charge is 2.36. The van der Waals surface area contributed by atoms with Gasteiger partial charge in [-0.2, -0.15) is 0 Å². The third-order valence-corrected chi connectivity index (χ3v) is 3.93. The van der Waals surface area contributed by atoms with Crippen LogP contribution in [0.4, 0.5) is 0 Å². The van der Waals surface area contributed by atoms with Crippen molar-refractivity contribution in [2.24, 2.45) is 5.41 Å². The highest BCUT2D eigenvalue weighted by atomic mass is 16.3.